The molecule has 2 heterocycles. The lowest BCUT2D eigenvalue weighted by molar-refractivity contribution is 0.205. The zero-order chi connectivity index (χ0) is 19.2. The van der Waals surface area contributed by atoms with Gasteiger partial charge in [0.15, 0.2) is 5.84 Å². The van der Waals surface area contributed by atoms with Crippen LogP contribution in [0.4, 0.5) is 5.69 Å². The average molecular weight is 366 g/mol. The second kappa shape index (κ2) is 8.61. The number of benzene rings is 1. The van der Waals surface area contributed by atoms with Crippen molar-refractivity contribution in [3.05, 3.63) is 53.3 Å². The minimum atomic E-state index is -0.000190. The Morgan fingerprint density at radius 3 is 2.78 bits per heavy atom. The van der Waals surface area contributed by atoms with Crippen LogP contribution in [0.5, 0.6) is 0 Å². The Bertz CT molecular complexity index is 843. The summed E-state index contributed by atoms with van der Waals surface area (Å²) in [7, 11) is 0. The summed E-state index contributed by atoms with van der Waals surface area (Å²) < 4.78 is 0. The summed E-state index contributed by atoms with van der Waals surface area (Å²) in [5.41, 5.74) is 20.3. The van der Waals surface area contributed by atoms with Crippen molar-refractivity contribution in [3.8, 4) is 0 Å². The summed E-state index contributed by atoms with van der Waals surface area (Å²) in [6, 6.07) is 9.52. The molecule has 0 spiro atoms. The third kappa shape index (κ3) is 4.81. The molecule has 1 aromatic carbocycles. The molecule has 1 saturated heterocycles. The van der Waals surface area contributed by atoms with Gasteiger partial charge in [-0.1, -0.05) is 12.1 Å². The van der Waals surface area contributed by atoms with E-state index in [1.54, 1.807) is 12.1 Å². The van der Waals surface area contributed by atoms with Crippen LogP contribution in [-0.4, -0.2) is 47.0 Å². The third-order valence-corrected chi connectivity index (χ3v) is 4.67. The summed E-state index contributed by atoms with van der Waals surface area (Å²) in [5, 5.41) is 7.59. The second-order valence-electron chi connectivity index (χ2n) is 6.67. The number of rotatable bonds is 5. The molecule has 1 fully saturated rings. The fourth-order valence-electron chi connectivity index (χ4n) is 3.18. The highest BCUT2D eigenvalue weighted by atomic mass is 15.1. The Labute approximate surface area is 158 Å². The predicted octanol–water partition coefficient (Wildman–Crippen LogP) is 1.29. The maximum absolute atomic E-state index is 7.59. The smallest absolute Gasteiger partial charge is 0.178 e. The molecular formula is C19H26N8. The van der Waals surface area contributed by atoms with Gasteiger partial charge in [0.25, 0.3) is 0 Å². The molecule has 1 aliphatic heterocycles. The molecule has 0 amide bonds. The molecule has 0 unspecified atom stereocenters. The van der Waals surface area contributed by atoms with E-state index in [2.05, 4.69) is 19.9 Å². The van der Waals surface area contributed by atoms with E-state index >= 15 is 0 Å². The fraction of sp³-hybridized carbons (Fsp3) is 0.316. The summed E-state index contributed by atoms with van der Waals surface area (Å²) in [6.45, 7) is 2.77. The van der Waals surface area contributed by atoms with Gasteiger partial charge in [0, 0.05) is 24.3 Å². The fourth-order valence-corrected chi connectivity index (χ4v) is 3.18. The van der Waals surface area contributed by atoms with Gasteiger partial charge in [-0.25, -0.2) is 9.98 Å². The lowest BCUT2D eigenvalue weighted by Crippen LogP contribution is -2.39. The van der Waals surface area contributed by atoms with E-state index in [0.717, 1.165) is 43.7 Å². The molecule has 3 rings (SSSR count). The minimum absolute atomic E-state index is 0.000190. The molecule has 8 nitrogen and oxygen atoms in total. The number of H-pyrrole nitrogens is 1. The second-order valence-corrected chi connectivity index (χ2v) is 6.67. The largest absolute Gasteiger partial charge is 0.390 e. The number of nitrogens with one attached hydrogen (secondary N) is 2. The van der Waals surface area contributed by atoms with E-state index in [-0.39, 0.29) is 5.84 Å². The van der Waals surface area contributed by atoms with Gasteiger partial charge in [0.2, 0.25) is 0 Å². The zero-order valence-electron chi connectivity index (χ0n) is 15.2. The monoisotopic (exact) mass is 366 g/mol. The van der Waals surface area contributed by atoms with Crippen molar-refractivity contribution in [1.82, 2.24) is 9.88 Å². The normalized spacial score (nSPS) is 16.9. The van der Waals surface area contributed by atoms with Gasteiger partial charge in [-0.05, 0) is 49.7 Å². The minimum Gasteiger partial charge on any atom is -0.390 e. The molecule has 0 radical (unpaired) electrons. The van der Waals surface area contributed by atoms with Crippen molar-refractivity contribution in [2.75, 3.05) is 13.1 Å². The number of aromatic nitrogens is 1. The van der Waals surface area contributed by atoms with Gasteiger partial charge in [-0.15, -0.1) is 0 Å². The van der Waals surface area contributed by atoms with E-state index < -0.39 is 0 Å². The van der Waals surface area contributed by atoms with Crippen LogP contribution in [0, 0.1) is 5.41 Å². The molecule has 2 aromatic rings. The number of piperidine rings is 1. The summed E-state index contributed by atoms with van der Waals surface area (Å²) in [5.74, 6) is 0.492. The average Bonchev–Trinajstić information content (AvgIpc) is 3.11. The van der Waals surface area contributed by atoms with Crippen molar-refractivity contribution in [2.45, 2.75) is 25.4 Å². The number of hydrogen-bond donors (Lipinski definition) is 5. The molecule has 1 aromatic heterocycles. The Hall–Kier alpha value is -2.97. The highest BCUT2D eigenvalue weighted by Gasteiger charge is 2.19. The van der Waals surface area contributed by atoms with E-state index in [0.29, 0.717) is 23.1 Å². The number of nitrogen functional groups attached to an aromatic ring is 1. The number of nitrogens with two attached hydrogens (primary N) is 3. The highest BCUT2D eigenvalue weighted by molar-refractivity contribution is 6.04. The molecule has 0 aliphatic carbocycles. The van der Waals surface area contributed by atoms with Crippen LogP contribution in [0.25, 0.3) is 0 Å². The predicted molar refractivity (Wildman–Crippen MR) is 110 cm³/mol. The number of hydrogen-bond acceptors (Lipinski definition) is 4. The molecule has 27 heavy (non-hydrogen) atoms. The Balaban J connectivity index is 1.87. The van der Waals surface area contributed by atoms with Gasteiger partial charge < -0.3 is 22.2 Å². The van der Waals surface area contributed by atoms with Crippen molar-refractivity contribution < 1.29 is 0 Å². The van der Waals surface area contributed by atoms with Crippen LogP contribution in [0.1, 0.15) is 29.7 Å². The number of likely N-dealkylation sites (tertiary alicyclic amines) is 1. The van der Waals surface area contributed by atoms with E-state index in [1.165, 1.54) is 6.34 Å². The van der Waals surface area contributed by atoms with Crippen LogP contribution in [-0.2, 0) is 6.54 Å². The number of amidine groups is 2. The first-order valence-electron chi connectivity index (χ1n) is 8.99. The first-order valence-corrected chi connectivity index (χ1v) is 8.99. The molecule has 0 saturated carbocycles. The van der Waals surface area contributed by atoms with Gasteiger partial charge in [-0.2, -0.15) is 0 Å². The SMILES string of the molecule is N=C(N)c1cccc(N=C(N=CN)c2[nH]ccc2CN2CCC(N)CC2)c1. The van der Waals surface area contributed by atoms with Gasteiger partial charge in [0.05, 0.1) is 17.7 Å². The number of aromatic amines is 1. The molecule has 8 heteroatoms. The van der Waals surface area contributed by atoms with Crippen LogP contribution in [0.15, 0.2) is 46.5 Å². The van der Waals surface area contributed by atoms with E-state index in [9.17, 15) is 0 Å². The van der Waals surface area contributed by atoms with E-state index in [1.807, 2.05) is 24.4 Å². The van der Waals surface area contributed by atoms with Crippen LogP contribution in [0.2, 0.25) is 0 Å². The summed E-state index contributed by atoms with van der Waals surface area (Å²) in [4.78, 5) is 14.5. The Kier molecular flexibility index (Phi) is 6.00. The highest BCUT2D eigenvalue weighted by Crippen LogP contribution is 2.20. The van der Waals surface area contributed by atoms with Crippen molar-refractivity contribution in [1.29, 1.82) is 5.41 Å². The maximum atomic E-state index is 7.59. The van der Waals surface area contributed by atoms with Crippen molar-refractivity contribution in [2.24, 2.45) is 27.2 Å². The number of nitrogens with zero attached hydrogens (tertiary/aromatic N) is 3. The molecule has 1 aliphatic rings. The van der Waals surface area contributed by atoms with Crippen LogP contribution >= 0.6 is 0 Å². The molecule has 0 bridgehead atoms. The van der Waals surface area contributed by atoms with Crippen LogP contribution in [0.3, 0.4) is 0 Å². The van der Waals surface area contributed by atoms with Crippen molar-refractivity contribution in [3.63, 3.8) is 0 Å². The molecule has 0 atom stereocenters. The van der Waals surface area contributed by atoms with E-state index in [4.69, 9.17) is 22.6 Å². The van der Waals surface area contributed by atoms with Crippen LogP contribution < -0.4 is 17.2 Å². The maximum Gasteiger partial charge on any atom is 0.178 e. The third-order valence-electron chi connectivity index (χ3n) is 4.67. The van der Waals surface area contributed by atoms with Gasteiger partial charge >= 0.3 is 0 Å². The molecule has 142 valence electrons. The topological polar surface area (TPSA) is 146 Å². The Morgan fingerprint density at radius 2 is 2.07 bits per heavy atom. The lowest BCUT2D eigenvalue weighted by atomic mass is 10.1. The van der Waals surface area contributed by atoms with Gasteiger partial charge in [0.1, 0.15) is 5.84 Å². The Morgan fingerprint density at radius 1 is 1.30 bits per heavy atom. The first kappa shape index (κ1) is 18.8. The standard InChI is InChI=1S/C19H26N8/c20-12-25-19(26-16-3-1-2-13(10-16)18(22)23)17-14(4-7-24-17)11-27-8-5-15(21)6-9-27/h1-4,7,10,12,15,24H,5-6,8-9,11,21H2,(H3,22,23)(H2,20,25,26). The molecular weight excluding hydrogens is 340 g/mol. The first-order chi connectivity index (χ1) is 13.1. The number of aliphatic imine (C=N–C) groups is 2. The lowest BCUT2D eigenvalue weighted by Gasteiger charge is -2.30. The molecule has 8 N–H and O–H groups in total. The zero-order valence-corrected chi connectivity index (χ0v) is 15.2. The summed E-state index contributed by atoms with van der Waals surface area (Å²) in [6.07, 6.45) is 5.14. The summed E-state index contributed by atoms with van der Waals surface area (Å²) >= 11 is 0. The van der Waals surface area contributed by atoms with Crippen molar-refractivity contribution >= 4 is 23.7 Å². The quantitative estimate of drug-likeness (QED) is 0.401. The van der Waals surface area contributed by atoms with Gasteiger partial charge in [-0.3, -0.25) is 10.3 Å².